The zero-order valence-corrected chi connectivity index (χ0v) is 10.8. The minimum Gasteiger partial charge on any atom is -0.380 e. The van der Waals surface area contributed by atoms with Gasteiger partial charge >= 0.3 is 0 Å². The molecule has 0 radical (unpaired) electrons. The second-order valence-electron chi connectivity index (χ2n) is 5.03. The smallest absolute Gasteiger partial charge is 0.0713 e. The van der Waals surface area contributed by atoms with E-state index in [-0.39, 0.29) is 0 Å². The van der Waals surface area contributed by atoms with Gasteiger partial charge in [-0.25, -0.2) is 0 Å². The minimum absolute atomic E-state index is 0.662. The number of benzene rings is 3. The lowest BCUT2D eigenvalue weighted by atomic mass is 10.0. The van der Waals surface area contributed by atoms with Crippen molar-refractivity contribution < 1.29 is 4.74 Å². The summed E-state index contributed by atoms with van der Waals surface area (Å²) in [6, 6.07) is 19.7. The number of rotatable bonds is 2. The molecule has 0 atom stereocenters. The summed E-state index contributed by atoms with van der Waals surface area (Å²) in [5.41, 5.74) is 6.62. The van der Waals surface area contributed by atoms with Crippen LogP contribution in [0, 0.1) is 0 Å². The maximum atomic E-state index is 5.28. The fraction of sp³-hybridized carbons (Fsp3) is 0.111. The summed E-state index contributed by atoms with van der Waals surface area (Å²) in [4.78, 5) is 0. The highest BCUT2D eigenvalue weighted by molar-refractivity contribution is 6.15. The molecule has 1 nitrogen and oxygen atoms in total. The van der Waals surface area contributed by atoms with Crippen LogP contribution in [0.3, 0.4) is 0 Å². The molecule has 1 aliphatic rings. The number of methoxy groups -OCH3 is 1. The molecule has 92 valence electrons. The molecule has 19 heavy (non-hydrogen) atoms. The third-order valence-corrected chi connectivity index (χ3v) is 3.86. The van der Waals surface area contributed by atoms with E-state index in [1.165, 1.54) is 38.6 Å². The lowest BCUT2D eigenvalue weighted by Crippen LogP contribution is -1.88. The monoisotopic (exact) mass is 246 g/mol. The number of hydrogen-bond donors (Lipinski definition) is 0. The topological polar surface area (TPSA) is 9.23 Å². The van der Waals surface area contributed by atoms with Crippen LogP contribution in [0.2, 0.25) is 0 Å². The first-order chi connectivity index (χ1) is 9.38. The lowest BCUT2D eigenvalue weighted by Gasteiger charge is -2.06. The van der Waals surface area contributed by atoms with Gasteiger partial charge in [-0.1, -0.05) is 42.5 Å². The van der Waals surface area contributed by atoms with E-state index < -0.39 is 0 Å². The number of ether oxygens (including phenoxy) is 1. The molecule has 0 aromatic heterocycles. The van der Waals surface area contributed by atoms with Gasteiger partial charge in [-0.3, -0.25) is 0 Å². The Hall–Kier alpha value is -2.12. The van der Waals surface area contributed by atoms with Crippen molar-refractivity contribution in [1.82, 2.24) is 0 Å². The minimum atomic E-state index is 0.662. The van der Waals surface area contributed by atoms with Crippen LogP contribution < -0.4 is 0 Å². The molecule has 0 bridgehead atoms. The second-order valence-corrected chi connectivity index (χ2v) is 5.03. The van der Waals surface area contributed by atoms with Gasteiger partial charge in [0.2, 0.25) is 0 Å². The Morgan fingerprint density at radius 3 is 2.32 bits per heavy atom. The van der Waals surface area contributed by atoms with Gasteiger partial charge in [-0.05, 0) is 50.7 Å². The molecule has 1 heteroatoms. The molecule has 0 N–H and O–H groups in total. The summed E-state index contributed by atoms with van der Waals surface area (Å²) in [7, 11) is 1.74. The first-order valence-electron chi connectivity index (χ1n) is 6.53. The predicted octanol–water partition coefficient (Wildman–Crippen LogP) is 4.63. The SMILES string of the molecule is COCc1cc2c3c(cccc3c1)-c1ccccc1-2. The van der Waals surface area contributed by atoms with Crippen LogP contribution in [0.15, 0.2) is 54.6 Å². The predicted molar refractivity (Wildman–Crippen MR) is 79.1 cm³/mol. The fourth-order valence-electron chi connectivity index (χ4n) is 3.13. The quantitative estimate of drug-likeness (QED) is 0.501. The van der Waals surface area contributed by atoms with Crippen LogP contribution in [0.25, 0.3) is 33.0 Å². The standard InChI is InChI=1S/C18H14O/c1-19-11-12-9-13-5-4-8-16-14-6-2-3-7-15(14)17(10-12)18(13)16/h2-10H,11H2,1H3. The molecule has 0 fully saturated rings. The highest BCUT2D eigenvalue weighted by Gasteiger charge is 2.20. The average molecular weight is 246 g/mol. The van der Waals surface area contributed by atoms with Crippen molar-refractivity contribution in [3.63, 3.8) is 0 Å². The van der Waals surface area contributed by atoms with Crippen LogP contribution in [-0.2, 0) is 11.3 Å². The van der Waals surface area contributed by atoms with Gasteiger partial charge in [-0.2, -0.15) is 0 Å². The molecular formula is C18H14O. The van der Waals surface area contributed by atoms with Crippen LogP contribution in [-0.4, -0.2) is 7.11 Å². The van der Waals surface area contributed by atoms with Gasteiger partial charge in [0.05, 0.1) is 6.61 Å². The highest BCUT2D eigenvalue weighted by atomic mass is 16.5. The molecule has 0 heterocycles. The average Bonchev–Trinajstić information content (AvgIpc) is 2.77. The van der Waals surface area contributed by atoms with E-state index in [9.17, 15) is 0 Å². The summed E-state index contributed by atoms with van der Waals surface area (Å²) < 4.78 is 5.28. The molecule has 0 spiro atoms. The summed E-state index contributed by atoms with van der Waals surface area (Å²) in [6.07, 6.45) is 0. The van der Waals surface area contributed by atoms with Crippen molar-refractivity contribution in [3.8, 4) is 22.3 Å². The summed E-state index contributed by atoms with van der Waals surface area (Å²) in [5, 5.41) is 2.68. The van der Waals surface area contributed by atoms with Crippen LogP contribution in [0.4, 0.5) is 0 Å². The summed E-state index contributed by atoms with van der Waals surface area (Å²) in [5.74, 6) is 0. The number of fused-ring (bicyclic) bond motifs is 3. The van der Waals surface area contributed by atoms with E-state index in [0.717, 1.165) is 0 Å². The molecule has 0 saturated carbocycles. The molecule has 3 aromatic rings. The van der Waals surface area contributed by atoms with Crippen molar-refractivity contribution in [2.45, 2.75) is 6.61 Å². The van der Waals surface area contributed by atoms with E-state index in [1.54, 1.807) is 7.11 Å². The van der Waals surface area contributed by atoms with Crippen molar-refractivity contribution in [3.05, 3.63) is 60.2 Å². The largest absolute Gasteiger partial charge is 0.380 e. The zero-order chi connectivity index (χ0) is 12.8. The molecular weight excluding hydrogens is 232 g/mol. The van der Waals surface area contributed by atoms with E-state index >= 15 is 0 Å². The zero-order valence-electron chi connectivity index (χ0n) is 10.8. The molecule has 0 unspecified atom stereocenters. The third kappa shape index (κ3) is 1.45. The Labute approximate surface area is 112 Å². The van der Waals surface area contributed by atoms with Gasteiger partial charge < -0.3 is 4.74 Å². The van der Waals surface area contributed by atoms with Crippen LogP contribution in [0.1, 0.15) is 5.56 Å². The lowest BCUT2D eigenvalue weighted by molar-refractivity contribution is 0.185. The van der Waals surface area contributed by atoms with Crippen LogP contribution >= 0.6 is 0 Å². The second kappa shape index (κ2) is 3.94. The van der Waals surface area contributed by atoms with E-state index in [1.807, 2.05) is 0 Å². The van der Waals surface area contributed by atoms with Gasteiger partial charge in [0.1, 0.15) is 0 Å². The van der Waals surface area contributed by atoms with Gasteiger partial charge in [0.25, 0.3) is 0 Å². The molecule has 3 aromatic carbocycles. The molecule has 0 saturated heterocycles. The van der Waals surface area contributed by atoms with E-state index in [2.05, 4.69) is 54.6 Å². The normalized spacial score (nSPS) is 11.8. The first kappa shape index (κ1) is 10.8. The Morgan fingerprint density at radius 2 is 1.53 bits per heavy atom. The maximum absolute atomic E-state index is 5.28. The Kier molecular flexibility index (Phi) is 2.23. The number of hydrogen-bond acceptors (Lipinski definition) is 1. The van der Waals surface area contributed by atoms with Crippen molar-refractivity contribution >= 4 is 10.8 Å². The van der Waals surface area contributed by atoms with E-state index in [0.29, 0.717) is 6.61 Å². The Balaban J connectivity index is 2.12. The molecule has 0 aliphatic heterocycles. The highest BCUT2D eigenvalue weighted by Crippen LogP contribution is 2.47. The maximum Gasteiger partial charge on any atom is 0.0713 e. The first-order valence-corrected chi connectivity index (χ1v) is 6.53. The molecule has 4 rings (SSSR count). The summed E-state index contributed by atoms with van der Waals surface area (Å²) >= 11 is 0. The molecule has 1 aliphatic carbocycles. The van der Waals surface area contributed by atoms with Gasteiger partial charge in [0, 0.05) is 7.11 Å². The molecule has 0 amide bonds. The van der Waals surface area contributed by atoms with E-state index in [4.69, 9.17) is 4.74 Å². The Morgan fingerprint density at radius 1 is 0.789 bits per heavy atom. The van der Waals surface area contributed by atoms with Crippen molar-refractivity contribution in [2.24, 2.45) is 0 Å². The third-order valence-electron chi connectivity index (χ3n) is 3.86. The van der Waals surface area contributed by atoms with Gasteiger partial charge in [-0.15, -0.1) is 0 Å². The Bertz CT molecular complexity index is 787. The summed E-state index contributed by atoms with van der Waals surface area (Å²) in [6.45, 7) is 0.662. The fourth-order valence-corrected chi connectivity index (χ4v) is 3.13. The van der Waals surface area contributed by atoms with Crippen molar-refractivity contribution in [2.75, 3.05) is 7.11 Å². The van der Waals surface area contributed by atoms with Gasteiger partial charge in [0.15, 0.2) is 0 Å². The van der Waals surface area contributed by atoms with Crippen molar-refractivity contribution in [1.29, 1.82) is 0 Å². The van der Waals surface area contributed by atoms with Crippen LogP contribution in [0.5, 0.6) is 0 Å².